The van der Waals surface area contributed by atoms with Gasteiger partial charge in [0.15, 0.2) is 5.75 Å². The molecule has 4 rings (SSSR count). The lowest BCUT2D eigenvalue weighted by Crippen LogP contribution is -2.27. The third-order valence-electron chi connectivity index (χ3n) is 4.92. The highest BCUT2D eigenvalue weighted by Gasteiger charge is 2.18. The number of nitrogens with two attached hydrogens (primary N) is 2. The molecule has 0 spiro atoms. The fourth-order valence-corrected chi connectivity index (χ4v) is 2.95. The molecule has 1 fully saturated rings. The highest BCUT2D eigenvalue weighted by molar-refractivity contribution is 5.41. The number of benzene rings is 1. The van der Waals surface area contributed by atoms with E-state index in [2.05, 4.69) is 26.9 Å². The normalized spacial score (nSPS) is 14.0. The van der Waals surface area contributed by atoms with E-state index in [1.54, 1.807) is 24.4 Å². The Kier molecular flexibility index (Phi) is 7.60. The number of rotatable bonds is 5. The topological polar surface area (TPSA) is 105 Å². The van der Waals surface area contributed by atoms with Gasteiger partial charge in [-0.05, 0) is 43.0 Å². The van der Waals surface area contributed by atoms with Gasteiger partial charge in [-0.2, -0.15) is 0 Å². The number of nitrogens with zero attached hydrogens (tertiary/aromatic N) is 3. The van der Waals surface area contributed by atoms with Crippen molar-refractivity contribution in [1.82, 2.24) is 14.7 Å². The molecule has 0 bridgehead atoms. The molecular formula is C22H26FN5O2. The SMILES string of the molecule is CCc1nccn1C(CN)c1cc(C#Cc2ccc(OF)cc2)on1.NC1CCC1. The van der Waals surface area contributed by atoms with Gasteiger partial charge >= 0.3 is 0 Å². The number of imidazole rings is 1. The van der Waals surface area contributed by atoms with E-state index in [9.17, 15) is 4.53 Å². The van der Waals surface area contributed by atoms with Crippen molar-refractivity contribution in [3.8, 4) is 17.6 Å². The van der Waals surface area contributed by atoms with Gasteiger partial charge in [0.25, 0.3) is 0 Å². The minimum atomic E-state index is -0.155. The van der Waals surface area contributed by atoms with Crippen molar-refractivity contribution in [1.29, 1.82) is 0 Å². The van der Waals surface area contributed by atoms with E-state index in [1.165, 1.54) is 31.4 Å². The predicted octanol–water partition coefficient (Wildman–Crippen LogP) is 3.14. The molecule has 7 nitrogen and oxygen atoms in total. The minimum Gasteiger partial charge on any atom is -0.347 e. The van der Waals surface area contributed by atoms with Crippen LogP contribution < -0.4 is 16.4 Å². The minimum absolute atomic E-state index is 0.130. The lowest BCUT2D eigenvalue weighted by Gasteiger charge is -2.18. The fraction of sp³-hybridized carbons (Fsp3) is 0.364. The maximum absolute atomic E-state index is 12.0. The van der Waals surface area contributed by atoms with E-state index in [1.807, 2.05) is 17.7 Å². The van der Waals surface area contributed by atoms with Crippen molar-refractivity contribution in [2.75, 3.05) is 6.54 Å². The molecule has 2 aromatic heterocycles. The van der Waals surface area contributed by atoms with Crippen molar-refractivity contribution >= 4 is 0 Å². The molecule has 0 amide bonds. The van der Waals surface area contributed by atoms with Crippen molar-refractivity contribution in [2.24, 2.45) is 11.5 Å². The molecule has 1 aliphatic carbocycles. The Balaban J connectivity index is 0.000000448. The third kappa shape index (κ3) is 5.47. The number of aryl methyl sites for hydroxylation is 1. The smallest absolute Gasteiger partial charge is 0.210 e. The molecule has 1 saturated carbocycles. The van der Waals surface area contributed by atoms with Crippen molar-refractivity contribution in [2.45, 2.75) is 44.7 Å². The van der Waals surface area contributed by atoms with Crippen LogP contribution in [0.25, 0.3) is 0 Å². The van der Waals surface area contributed by atoms with Crippen molar-refractivity contribution in [3.63, 3.8) is 0 Å². The summed E-state index contributed by atoms with van der Waals surface area (Å²) in [5.41, 5.74) is 12.7. The van der Waals surface area contributed by atoms with Gasteiger partial charge in [0.1, 0.15) is 11.5 Å². The monoisotopic (exact) mass is 411 g/mol. The molecule has 1 aliphatic rings. The van der Waals surface area contributed by atoms with Crippen LogP contribution in [0.3, 0.4) is 0 Å². The molecule has 30 heavy (non-hydrogen) atoms. The Hall–Kier alpha value is -3.15. The van der Waals surface area contributed by atoms with Gasteiger partial charge in [-0.3, -0.25) is 4.94 Å². The summed E-state index contributed by atoms with van der Waals surface area (Å²) in [6, 6.07) is 8.47. The fourth-order valence-electron chi connectivity index (χ4n) is 2.95. The molecule has 158 valence electrons. The van der Waals surface area contributed by atoms with Gasteiger partial charge in [-0.25, -0.2) is 4.98 Å². The van der Waals surface area contributed by atoms with E-state index in [-0.39, 0.29) is 11.8 Å². The molecule has 2 heterocycles. The average Bonchev–Trinajstić information content (AvgIpc) is 3.42. The third-order valence-corrected chi connectivity index (χ3v) is 4.92. The molecular weight excluding hydrogens is 385 g/mol. The van der Waals surface area contributed by atoms with Gasteiger partial charge in [0.05, 0.1) is 6.04 Å². The van der Waals surface area contributed by atoms with Crippen LogP contribution in [0, 0.1) is 11.8 Å². The summed E-state index contributed by atoms with van der Waals surface area (Å²) in [6.07, 6.45) is 8.31. The molecule has 1 unspecified atom stereocenters. The van der Waals surface area contributed by atoms with Crippen LogP contribution in [-0.4, -0.2) is 27.3 Å². The lowest BCUT2D eigenvalue weighted by atomic mass is 9.95. The molecule has 1 aromatic carbocycles. The van der Waals surface area contributed by atoms with Crippen LogP contribution in [0.5, 0.6) is 5.75 Å². The van der Waals surface area contributed by atoms with Crippen LogP contribution in [0.2, 0.25) is 0 Å². The zero-order chi connectivity index (χ0) is 21.3. The van der Waals surface area contributed by atoms with E-state index in [0.29, 0.717) is 29.6 Å². The van der Waals surface area contributed by atoms with Crippen molar-refractivity contribution in [3.05, 3.63) is 65.6 Å². The molecule has 3 aromatic rings. The molecule has 0 saturated heterocycles. The summed E-state index contributed by atoms with van der Waals surface area (Å²) in [5, 5.41) is 4.08. The molecule has 1 atom stereocenters. The van der Waals surface area contributed by atoms with Gasteiger partial charge in [0, 0.05) is 47.6 Å². The first kappa shape index (κ1) is 21.6. The number of hydrogen-bond donors (Lipinski definition) is 2. The number of hydrogen-bond acceptors (Lipinski definition) is 6. The Bertz CT molecular complexity index is 983. The quantitative estimate of drug-likeness (QED) is 0.625. The molecule has 0 radical (unpaired) electrons. The van der Waals surface area contributed by atoms with Gasteiger partial charge in [-0.15, -0.1) is 0 Å². The highest BCUT2D eigenvalue weighted by Crippen LogP contribution is 2.19. The summed E-state index contributed by atoms with van der Waals surface area (Å²) in [4.78, 5) is 7.94. The highest BCUT2D eigenvalue weighted by atomic mass is 19.3. The van der Waals surface area contributed by atoms with Crippen LogP contribution >= 0.6 is 0 Å². The van der Waals surface area contributed by atoms with Crippen LogP contribution in [-0.2, 0) is 6.42 Å². The molecule has 0 aliphatic heterocycles. The first-order valence-corrected chi connectivity index (χ1v) is 9.99. The van der Waals surface area contributed by atoms with Crippen molar-refractivity contribution < 1.29 is 14.0 Å². The standard InChI is InChI=1S/C18H17FN4O2.C4H9N/c1-2-18-21-9-10-23(18)17(12-20)16-11-15(25-22-16)8-5-13-3-6-14(24-19)7-4-13;5-4-2-1-3-4/h3-4,6-7,9-11,17H,2,12,20H2,1H3;4H,1-3,5H2. The van der Waals surface area contributed by atoms with Gasteiger partial charge < -0.3 is 20.6 Å². The summed E-state index contributed by atoms with van der Waals surface area (Å²) in [5.74, 6) is 7.31. The summed E-state index contributed by atoms with van der Waals surface area (Å²) in [7, 11) is 0. The van der Waals surface area contributed by atoms with Crippen LogP contribution in [0.15, 0.2) is 47.2 Å². The first-order chi connectivity index (χ1) is 14.6. The average molecular weight is 411 g/mol. The Morgan fingerprint density at radius 3 is 2.60 bits per heavy atom. The first-order valence-electron chi connectivity index (χ1n) is 9.99. The Labute approximate surface area is 175 Å². The summed E-state index contributed by atoms with van der Waals surface area (Å²) in [6.45, 7) is 2.40. The second kappa shape index (κ2) is 10.6. The largest absolute Gasteiger partial charge is 0.347 e. The van der Waals surface area contributed by atoms with E-state index < -0.39 is 0 Å². The Morgan fingerprint density at radius 1 is 1.30 bits per heavy atom. The van der Waals surface area contributed by atoms with Gasteiger partial charge in [0.2, 0.25) is 5.76 Å². The predicted molar refractivity (Wildman–Crippen MR) is 111 cm³/mol. The number of aromatic nitrogens is 3. The second-order valence-corrected chi connectivity index (χ2v) is 7.01. The zero-order valence-electron chi connectivity index (χ0n) is 16.9. The van der Waals surface area contributed by atoms with Crippen LogP contribution in [0.1, 0.15) is 55.1 Å². The Morgan fingerprint density at radius 2 is 2.03 bits per heavy atom. The summed E-state index contributed by atoms with van der Waals surface area (Å²) < 4.78 is 19.3. The van der Waals surface area contributed by atoms with E-state index >= 15 is 0 Å². The maximum atomic E-state index is 12.0. The van der Waals surface area contributed by atoms with E-state index in [4.69, 9.17) is 16.0 Å². The van der Waals surface area contributed by atoms with E-state index in [0.717, 1.165) is 12.2 Å². The zero-order valence-corrected chi connectivity index (χ0v) is 16.9. The summed E-state index contributed by atoms with van der Waals surface area (Å²) >= 11 is 0. The molecule has 8 heteroatoms. The van der Waals surface area contributed by atoms with Crippen LogP contribution in [0.4, 0.5) is 4.53 Å². The maximum Gasteiger partial charge on any atom is 0.210 e. The lowest BCUT2D eigenvalue weighted by molar-refractivity contribution is -0.00620. The molecule has 4 N–H and O–H groups in total. The van der Waals surface area contributed by atoms with Gasteiger partial charge in [-0.1, -0.05) is 24.4 Å². The number of halogens is 1. The second-order valence-electron chi connectivity index (χ2n) is 7.01.